The van der Waals surface area contributed by atoms with Crippen LogP contribution in [0.1, 0.15) is 17.5 Å². The zero-order valence-electron chi connectivity index (χ0n) is 12.2. The van der Waals surface area contributed by atoms with E-state index in [0.29, 0.717) is 6.61 Å². The lowest BCUT2D eigenvalue weighted by Gasteiger charge is -2.16. The van der Waals surface area contributed by atoms with Crippen LogP contribution >= 0.6 is 23.2 Å². The van der Waals surface area contributed by atoms with Crippen LogP contribution in [0.15, 0.2) is 0 Å². The Labute approximate surface area is 130 Å². The van der Waals surface area contributed by atoms with Crippen LogP contribution in [0.25, 0.3) is 0 Å². The van der Waals surface area contributed by atoms with Crippen LogP contribution in [-0.2, 0) is 16.2 Å². The highest BCUT2D eigenvalue weighted by Crippen LogP contribution is 2.23. The molecule has 0 atom stereocenters. The van der Waals surface area contributed by atoms with E-state index in [4.69, 9.17) is 32.7 Å². The highest BCUT2D eigenvalue weighted by atomic mass is 35.5. The summed E-state index contributed by atoms with van der Waals surface area (Å²) in [7, 11) is -1.15. The lowest BCUT2D eigenvalue weighted by molar-refractivity contribution is 0.0464. The third kappa shape index (κ3) is 5.09. The summed E-state index contributed by atoms with van der Waals surface area (Å²) in [5.41, 5.74) is 0. The van der Waals surface area contributed by atoms with Crippen molar-refractivity contribution in [3.63, 3.8) is 0 Å². The lowest BCUT2D eigenvalue weighted by Crippen LogP contribution is -2.22. The van der Waals surface area contributed by atoms with Crippen molar-refractivity contribution in [2.45, 2.75) is 39.3 Å². The molecule has 0 saturated heterocycles. The van der Waals surface area contributed by atoms with Crippen molar-refractivity contribution in [1.29, 1.82) is 0 Å². The molecule has 1 aromatic heterocycles. The van der Waals surface area contributed by atoms with E-state index in [1.807, 2.05) is 0 Å². The summed E-state index contributed by atoms with van der Waals surface area (Å²) < 4.78 is 11.9. The van der Waals surface area contributed by atoms with E-state index in [1.54, 1.807) is 6.92 Å². The summed E-state index contributed by atoms with van der Waals surface area (Å²) in [6.07, 6.45) is 0. The van der Waals surface area contributed by atoms with Gasteiger partial charge in [0.25, 0.3) is 0 Å². The number of rotatable bonds is 7. The van der Waals surface area contributed by atoms with Crippen LogP contribution in [-0.4, -0.2) is 36.8 Å². The van der Waals surface area contributed by atoms with Gasteiger partial charge in [0.15, 0.2) is 5.15 Å². The quantitative estimate of drug-likeness (QED) is 0.432. The fourth-order valence-electron chi connectivity index (χ4n) is 1.41. The summed E-state index contributed by atoms with van der Waals surface area (Å²) >= 11 is 11.9. The predicted molar refractivity (Wildman–Crippen MR) is 82.3 cm³/mol. The number of nitrogens with zero attached hydrogens (tertiary/aromatic N) is 2. The number of halogens is 2. The highest BCUT2D eigenvalue weighted by molar-refractivity contribution is 6.76. The number of aromatic nitrogens is 2. The maximum Gasteiger partial charge on any atom is 0.374 e. The van der Waals surface area contributed by atoms with Gasteiger partial charge < -0.3 is 9.47 Å². The second-order valence-corrected chi connectivity index (χ2v) is 11.9. The van der Waals surface area contributed by atoms with Gasteiger partial charge in [-0.25, -0.2) is 9.78 Å². The molecule has 1 rings (SSSR count). The van der Waals surface area contributed by atoms with Gasteiger partial charge in [0, 0.05) is 14.7 Å². The van der Waals surface area contributed by atoms with E-state index < -0.39 is 14.0 Å². The Balaban J connectivity index is 2.71. The molecule has 0 amide bonds. The number of carbonyl (C=O) groups is 1. The average molecular weight is 339 g/mol. The summed E-state index contributed by atoms with van der Waals surface area (Å²) in [5.74, 6) is -0.495. The van der Waals surface area contributed by atoms with Crippen molar-refractivity contribution >= 4 is 37.2 Å². The minimum atomic E-state index is -1.15. The molecule has 0 N–H and O–H groups in total. The van der Waals surface area contributed by atoms with Crippen LogP contribution in [0, 0.1) is 0 Å². The number of hydrogen-bond donors (Lipinski definition) is 0. The van der Waals surface area contributed by atoms with Crippen LogP contribution in [0.2, 0.25) is 36.0 Å². The van der Waals surface area contributed by atoms with Gasteiger partial charge in [0.2, 0.25) is 5.82 Å². The molecule has 0 aliphatic rings. The number of hydrogen-bond acceptors (Lipinski definition) is 4. The monoisotopic (exact) mass is 338 g/mol. The molecule has 0 saturated carbocycles. The number of esters is 1. The molecule has 0 bridgehead atoms. The zero-order valence-corrected chi connectivity index (χ0v) is 14.7. The molecule has 1 aromatic rings. The molecule has 1 heterocycles. The molecule has 114 valence electrons. The van der Waals surface area contributed by atoms with Gasteiger partial charge in [-0.05, 0) is 13.0 Å². The van der Waals surface area contributed by atoms with Gasteiger partial charge in [-0.1, -0.05) is 42.8 Å². The summed E-state index contributed by atoms with van der Waals surface area (Å²) in [6.45, 7) is 9.53. The molecular weight excluding hydrogens is 319 g/mol. The Morgan fingerprint density at radius 3 is 2.55 bits per heavy atom. The number of imidazole rings is 1. The molecule has 0 fully saturated rings. The Kier molecular flexibility index (Phi) is 6.51. The van der Waals surface area contributed by atoms with Gasteiger partial charge >= 0.3 is 5.97 Å². The first-order valence-corrected chi connectivity index (χ1v) is 10.9. The SMILES string of the molecule is CCOC(=O)c1nc(Cl)c(Cl)n1COCC[Si](C)(C)C. The topological polar surface area (TPSA) is 53.3 Å². The normalized spacial score (nSPS) is 11.7. The number of ether oxygens (including phenoxy) is 2. The molecule has 0 aromatic carbocycles. The minimum Gasteiger partial charge on any atom is -0.460 e. The Bertz CT molecular complexity index is 472. The maximum atomic E-state index is 11.8. The summed E-state index contributed by atoms with van der Waals surface area (Å²) in [5, 5.41) is 0.256. The van der Waals surface area contributed by atoms with E-state index in [1.165, 1.54) is 4.57 Å². The minimum absolute atomic E-state index is 0.0647. The average Bonchev–Trinajstić information content (AvgIpc) is 2.61. The molecular formula is C12H20Cl2N2O3Si. The van der Waals surface area contributed by atoms with Crippen molar-refractivity contribution in [3.8, 4) is 0 Å². The smallest absolute Gasteiger partial charge is 0.374 e. The van der Waals surface area contributed by atoms with Crippen LogP contribution < -0.4 is 0 Å². The largest absolute Gasteiger partial charge is 0.460 e. The van der Waals surface area contributed by atoms with E-state index in [2.05, 4.69) is 24.6 Å². The fraction of sp³-hybridized carbons (Fsp3) is 0.667. The van der Waals surface area contributed by atoms with Crippen molar-refractivity contribution in [1.82, 2.24) is 9.55 Å². The summed E-state index contributed by atoms with van der Waals surface area (Å²) in [6, 6.07) is 1.03. The van der Waals surface area contributed by atoms with Gasteiger partial charge in [-0.3, -0.25) is 4.57 Å². The van der Waals surface area contributed by atoms with Crippen LogP contribution in [0.5, 0.6) is 0 Å². The van der Waals surface area contributed by atoms with Crippen LogP contribution in [0.3, 0.4) is 0 Å². The third-order valence-corrected chi connectivity index (χ3v) is 4.99. The Morgan fingerprint density at radius 1 is 1.35 bits per heavy atom. The van der Waals surface area contributed by atoms with Gasteiger partial charge in [0.1, 0.15) is 11.9 Å². The molecule has 0 spiro atoms. The van der Waals surface area contributed by atoms with E-state index in [-0.39, 0.29) is 29.5 Å². The molecule has 0 radical (unpaired) electrons. The molecule has 0 aliphatic heterocycles. The predicted octanol–water partition coefficient (Wildman–Crippen LogP) is 3.68. The fourth-order valence-corrected chi connectivity index (χ4v) is 2.52. The third-order valence-electron chi connectivity index (χ3n) is 2.54. The van der Waals surface area contributed by atoms with Crippen molar-refractivity contribution in [2.24, 2.45) is 0 Å². The summed E-state index contributed by atoms with van der Waals surface area (Å²) in [4.78, 5) is 15.7. The first-order chi connectivity index (χ1) is 9.26. The first-order valence-electron chi connectivity index (χ1n) is 6.42. The molecule has 0 aliphatic carbocycles. The van der Waals surface area contributed by atoms with E-state index in [0.717, 1.165) is 6.04 Å². The second-order valence-electron chi connectivity index (χ2n) is 5.51. The molecule has 20 heavy (non-hydrogen) atoms. The molecule has 5 nitrogen and oxygen atoms in total. The first kappa shape index (κ1) is 17.5. The molecule has 8 heteroatoms. The van der Waals surface area contributed by atoms with E-state index >= 15 is 0 Å². The zero-order chi connectivity index (χ0) is 15.3. The second kappa shape index (κ2) is 7.45. The number of carbonyl (C=O) groups excluding carboxylic acids is 1. The Morgan fingerprint density at radius 2 is 2.00 bits per heavy atom. The highest BCUT2D eigenvalue weighted by Gasteiger charge is 2.21. The lowest BCUT2D eigenvalue weighted by atomic mass is 10.6. The van der Waals surface area contributed by atoms with Crippen LogP contribution in [0.4, 0.5) is 0 Å². The van der Waals surface area contributed by atoms with Gasteiger partial charge in [-0.2, -0.15) is 0 Å². The standard InChI is InChI=1S/C12H20Cl2N2O3Si/c1-5-19-12(17)11-15-9(13)10(14)16(11)8-18-6-7-20(2,3)4/h5-8H2,1-4H3. The van der Waals surface area contributed by atoms with Crippen molar-refractivity contribution in [2.75, 3.05) is 13.2 Å². The molecule has 0 unspecified atom stereocenters. The van der Waals surface area contributed by atoms with Gasteiger partial charge in [-0.15, -0.1) is 0 Å². The van der Waals surface area contributed by atoms with Crippen molar-refractivity contribution < 1.29 is 14.3 Å². The maximum absolute atomic E-state index is 11.8. The van der Waals surface area contributed by atoms with Gasteiger partial charge in [0.05, 0.1) is 6.61 Å². The Hall–Kier alpha value is -0.563. The van der Waals surface area contributed by atoms with E-state index in [9.17, 15) is 4.79 Å². The van der Waals surface area contributed by atoms with Crippen molar-refractivity contribution in [3.05, 3.63) is 16.1 Å².